The molecule has 1 aliphatic carbocycles. The summed E-state index contributed by atoms with van der Waals surface area (Å²) in [6.07, 6.45) is 9.32. The van der Waals surface area contributed by atoms with Crippen LogP contribution in [0.25, 0.3) is 0 Å². The zero-order valence-corrected chi connectivity index (χ0v) is 11.7. The number of hydrogen-bond donors (Lipinski definition) is 4. The second-order valence-electron chi connectivity index (χ2n) is 6.01. The van der Waals surface area contributed by atoms with Crippen molar-refractivity contribution < 1.29 is 0 Å². The van der Waals surface area contributed by atoms with Crippen molar-refractivity contribution in [3.8, 4) is 0 Å². The number of rotatable bonds is 8. The average Bonchev–Trinajstić information content (AvgIpc) is 2.43. The Labute approximate surface area is 112 Å². The fraction of sp³-hybridized carbons (Fsp3) is 1.00. The monoisotopic (exact) mass is 256 g/mol. The van der Waals surface area contributed by atoms with Gasteiger partial charge in [-0.2, -0.15) is 0 Å². The first-order valence-electron chi connectivity index (χ1n) is 7.54. The number of nitrogens with two attached hydrogens (primary N) is 4. The lowest BCUT2D eigenvalue weighted by atomic mass is 9.64. The van der Waals surface area contributed by atoms with Crippen molar-refractivity contribution in [3.05, 3.63) is 0 Å². The van der Waals surface area contributed by atoms with Crippen LogP contribution in [0.4, 0.5) is 0 Å². The molecular weight excluding hydrogens is 224 g/mol. The van der Waals surface area contributed by atoms with Crippen molar-refractivity contribution in [1.82, 2.24) is 0 Å². The van der Waals surface area contributed by atoms with Gasteiger partial charge in [0.25, 0.3) is 0 Å². The molecule has 4 nitrogen and oxygen atoms in total. The predicted octanol–water partition coefficient (Wildman–Crippen LogP) is 0.927. The molecule has 0 aromatic rings. The van der Waals surface area contributed by atoms with Gasteiger partial charge in [-0.25, -0.2) is 0 Å². The standard InChI is InChI=1S/C14H32N4/c15-8-3-1-2-6-13(18)14(11-17)7-4-5-12(9-14)10-16/h12-13H,1-11,15-18H2. The maximum absolute atomic E-state index is 6.44. The summed E-state index contributed by atoms with van der Waals surface area (Å²) in [4.78, 5) is 0. The van der Waals surface area contributed by atoms with Gasteiger partial charge in [0, 0.05) is 6.04 Å². The number of hydrogen-bond acceptors (Lipinski definition) is 4. The van der Waals surface area contributed by atoms with E-state index in [4.69, 9.17) is 22.9 Å². The Bertz CT molecular complexity index is 222. The van der Waals surface area contributed by atoms with Gasteiger partial charge in [-0.15, -0.1) is 0 Å². The van der Waals surface area contributed by atoms with E-state index in [1.54, 1.807) is 0 Å². The van der Waals surface area contributed by atoms with Gasteiger partial charge >= 0.3 is 0 Å². The summed E-state index contributed by atoms with van der Waals surface area (Å²) < 4.78 is 0. The fourth-order valence-electron chi connectivity index (χ4n) is 3.39. The summed E-state index contributed by atoms with van der Waals surface area (Å²) >= 11 is 0. The Balaban J connectivity index is 2.46. The van der Waals surface area contributed by atoms with Crippen LogP contribution < -0.4 is 22.9 Å². The van der Waals surface area contributed by atoms with Crippen molar-refractivity contribution in [1.29, 1.82) is 0 Å². The van der Waals surface area contributed by atoms with Crippen LogP contribution in [0.1, 0.15) is 51.4 Å². The molecule has 4 heteroatoms. The van der Waals surface area contributed by atoms with E-state index in [1.807, 2.05) is 0 Å². The van der Waals surface area contributed by atoms with E-state index in [0.717, 1.165) is 32.4 Å². The molecule has 0 saturated heterocycles. The molecule has 0 aromatic heterocycles. The maximum atomic E-state index is 6.44. The third-order valence-corrected chi connectivity index (χ3v) is 4.73. The molecule has 0 aromatic carbocycles. The van der Waals surface area contributed by atoms with Crippen molar-refractivity contribution in [2.45, 2.75) is 57.4 Å². The Morgan fingerprint density at radius 1 is 1.11 bits per heavy atom. The lowest BCUT2D eigenvalue weighted by Crippen LogP contribution is -2.50. The Kier molecular flexibility index (Phi) is 7.15. The van der Waals surface area contributed by atoms with E-state index in [1.165, 1.54) is 32.1 Å². The first kappa shape index (κ1) is 15.9. The van der Waals surface area contributed by atoms with Crippen LogP contribution in [0.5, 0.6) is 0 Å². The Hall–Kier alpha value is -0.160. The van der Waals surface area contributed by atoms with Gasteiger partial charge in [0.2, 0.25) is 0 Å². The summed E-state index contributed by atoms with van der Waals surface area (Å²) in [5.74, 6) is 0.623. The van der Waals surface area contributed by atoms with Gasteiger partial charge in [-0.3, -0.25) is 0 Å². The second kappa shape index (κ2) is 8.10. The molecule has 0 heterocycles. The van der Waals surface area contributed by atoms with Gasteiger partial charge in [0.05, 0.1) is 0 Å². The highest BCUT2D eigenvalue weighted by molar-refractivity contribution is 4.94. The van der Waals surface area contributed by atoms with E-state index in [9.17, 15) is 0 Å². The van der Waals surface area contributed by atoms with Crippen LogP contribution in [0, 0.1) is 11.3 Å². The molecule has 0 amide bonds. The summed E-state index contributed by atoms with van der Waals surface area (Å²) in [5, 5.41) is 0. The van der Waals surface area contributed by atoms with Gasteiger partial charge < -0.3 is 22.9 Å². The van der Waals surface area contributed by atoms with Crippen LogP contribution in [0.2, 0.25) is 0 Å². The second-order valence-corrected chi connectivity index (χ2v) is 6.01. The van der Waals surface area contributed by atoms with E-state index in [2.05, 4.69) is 0 Å². The third kappa shape index (κ3) is 4.19. The number of unbranched alkanes of at least 4 members (excludes halogenated alkanes) is 2. The van der Waals surface area contributed by atoms with Crippen LogP contribution in [0.3, 0.4) is 0 Å². The summed E-state index contributed by atoms with van der Waals surface area (Å²) in [6, 6.07) is 0.231. The molecule has 0 aliphatic heterocycles. The largest absolute Gasteiger partial charge is 0.330 e. The normalized spacial score (nSPS) is 30.3. The molecule has 0 spiro atoms. The molecule has 0 bridgehead atoms. The molecule has 1 fully saturated rings. The van der Waals surface area contributed by atoms with E-state index < -0.39 is 0 Å². The fourth-order valence-corrected chi connectivity index (χ4v) is 3.39. The van der Waals surface area contributed by atoms with Crippen LogP contribution in [-0.2, 0) is 0 Å². The topological polar surface area (TPSA) is 104 Å². The third-order valence-electron chi connectivity index (χ3n) is 4.73. The molecule has 1 rings (SSSR count). The lowest BCUT2D eigenvalue weighted by molar-refractivity contribution is 0.109. The zero-order valence-electron chi connectivity index (χ0n) is 11.7. The zero-order chi connectivity index (χ0) is 13.4. The molecule has 3 atom stereocenters. The van der Waals surface area contributed by atoms with Gasteiger partial charge in [-0.05, 0) is 63.1 Å². The molecule has 108 valence electrons. The molecule has 1 saturated carbocycles. The van der Waals surface area contributed by atoms with Gasteiger partial charge in [0.15, 0.2) is 0 Å². The smallest absolute Gasteiger partial charge is 0.0108 e. The Morgan fingerprint density at radius 3 is 2.50 bits per heavy atom. The highest BCUT2D eigenvalue weighted by Gasteiger charge is 2.39. The summed E-state index contributed by atoms with van der Waals surface area (Å²) in [5.41, 5.74) is 24.0. The Morgan fingerprint density at radius 2 is 1.89 bits per heavy atom. The van der Waals surface area contributed by atoms with Crippen LogP contribution >= 0.6 is 0 Å². The van der Waals surface area contributed by atoms with Crippen LogP contribution in [0.15, 0.2) is 0 Å². The van der Waals surface area contributed by atoms with E-state index >= 15 is 0 Å². The quantitative estimate of drug-likeness (QED) is 0.485. The highest BCUT2D eigenvalue weighted by Crippen LogP contribution is 2.41. The lowest BCUT2D eigenvalue weighted by Gasteiger charge is -2.44. The summed E-state index contributed by atoms with van der Waals surface area (Å²) in [6.45, 7) is 2.27. The minimum atomic E-state index is 0.144. The molecule has 3 unspecified atom stereocenters. The van der Waals surface area contributed by atoms with Gasteiger partial charge in [0.1, 0.15) is 0 Å². The van der Waals surface area contributed by atoms with E-state index in [0.29, 0.717) is 12.5 Å². The SMILES string of the molecule is NCCCCCC(N)C1(CN)CCCC(CN)C1. The molecular formula is C14H32N4. The van der Waals surface area contributed by atoms with E-state index in [-0.39, 0.29) is 11.5 Å². The molecule has 18 heavy (non-hydrogen) atoms. The first-order valence-corrected chi connectivity index (χ1v) is 7.54. The van der Waals surface area contributed by atoms with Crippen molar-refractivity contribution in [3.63, 3.8) is 0 Å². The highest BCUT2D eigenvalue weighted by atomic mass is 14.8. The molecule has 0 radical (unpaired) electrons. The maximum Gasteiger partial charge on any atom is 0.0108 e. The van der Waals surface area contributed by atoms with Gasteiger partial charge in [-0.1, -0.05) is 19.3 Å². The summed E-state index contributed by atoms with van der Waals surface area (Å²) in [7, 11) is 0. The molecule has 1 aliphatic rings. The van der Waals surface area contributed by atoms with Crippen LogP contribution in [-0.4, -0.2) is 25.7 Å². The van der Waals surface area contributed by atoms with Crippen molar-refractivity contribution in [2.24, 2.45) is 34.3 Å². The molecule has 8 N–H and O–H groups in total. The van der Waals surface area contributed by atoms with Crippen molar-refractivity contribution >= 4 is 0 Å². The minimum absolute atomic E-state index is 0.144. The van der Waals surface area contributed by atoms with Crippen molar-refractivity contribution in [2.75, 3.05) is 19.6 Å². The average molecular weight is 256 g/mol. The first-order chi connectivity index (χ1) is 8.68. The predicted molar refractivity (Wildman–Crippen MR) is 78.0 cm³/mol. The minimum Gasteiger partial charge on any atom is -0.330 e.